The number of hydrogen-bond donors (Lipinski definition) is 0. The standard InChI is InChI=1S/C26H23FN4O2S/c1-18-7-12-23-22(15-18)30(13-14-33-23)24(32)16-34-26-29-25(19-5-3-2-4-6-19)28-17-31(26)21-10-8-20(27)9-11-21/h2-12,15H,13-14,16-17H2,1H3. The van der Waals surface area contributed by atoms with Gasteiger partial charge in [0.25, 0.3) is 0 Å². The summed E-state index contributed by atoms with van der Waals surface area (Å²) in [5.74, 6) is 1.20. The number of rotatable bonds is 4. The lowest BCUT2D eigenvalue weighted by Gasteiger charge is -2.31. The Bertz CT molecular complexity index is 1260. The van der Waals surface area contributed by atoms with E-state index in [1.165, 1.54) is 23.9 Å². The number of aryl methyl sites for hydroxylation is 1. The summed E-state index contributed by atoms with van der Waals surface area (Å²) < 4.78 is 19.2. The lowest BCUT2D eigenvalue weighted by molar-refractivity contribution is -0.116. The van der Waals surface area contributed by atoms with Gasteiger partial charge in [-0.2, -0.15) is 0 Å². The van der Waals surface area contributed by atoms with Crippen molar-refractivity contribution in [3.8, 4) is 5.75 Å². The van der Waals surface area contributed by atoms with Crippen LogP contribution in [0.25, 0.3) is 0 Å². The maximum absolute atomic E-state index is 13.5. The van der Waals surface area contributed by atoms with Crippen LogP contribution in [0, 0.1) is 12.7 Å². The van der Waals surface area contributed by atoms with E-state index in [0.717, 1.165) is 28.3 Å². The zero-order valence-electron chi connectivity index (χ0n) is 18.6. The van der Waals surface area contributed by atoms with Crippen molar-refractivity contribution in [2.24, 2.45) is 9.98 Å². The van der Waals surface area contributed by atoms with E-state index in [9.17, 15) is 9.18 Å². The molecule has 5 rings (SSSR count). The van der Waals surface area contributed by atoms with Gasteiger partial charge in [-0.1, -0.05) is 48.2 Å². The van der Waals surface area contributed by atoms with Crippen LogP contribution in [0.2, 0.25) is 0 Å². The van der Waals surface area contributed by atoms with E-state index in [0.29, 0.717) is 30.8 Å². The summed E-state index contributed by atoms with van der Waals surface area (Å²) in [6, 6.07) is 21.8. The largest absolute Gasteiger partial charge is 0.490 e. The van der Waals surface area contributed by atoms with Crippen molar-refractivity contribution in [1.29, 1.82) is 0 Å². The van der Waals surface area contributed by atoms with Gasteiger partial charge in [-0.05, 0) is 48.9 Å². The van der Waals surface area contributed by atoms with Gasteiger partial charge in [0.1, 0.15) is 24.8 Å². The molecular formula is C26H23FN4O2S. The first-order valence-corrected chi connectivity index (χ1v) is 12.0. The number of nitrogens with zero attached hydrogens (tertiary/aromatic N) is 4. The quantitative estimate of drug-likeness (QED) is 0.541. The van der Waals surface area contributed by atoms with Crippen molar-refractivity contribution >= 4 is 40.0 Å². The van der Waals surface area contributed by atoms with Crippen molar-refractivity contribution in [3.63, 3.8) is 0 Å². The van der Waals surface area contributed by atoms with Crippen molar-refractivity contribution in [3.05, 3.63) is 89.7 Å². The van der Waals surface area contributed by atoms with Crippen molar-refractivity contribution < 1.29 is 13.9 Å². The normalized spacial score (nSPS) is 15.2. The molecule has 1 amide bonds. The minimum absolute atomic E-state index is 0.0225. The van der Waals surface area contributed by atoms with Crippen molar-refractivity contribution in [2.75, 3.05) is 35.4 Å². The molecule has 3 aromatic carbocycles. The lowest BCUT2D eigenvalue weighted by atomic mass is 10.1. The topological polar surface area (TPSA) is 57.5 Å². The van der Waals surface area contributed by atoms with E-state index in [-0.39, 0.29) is 17.5 Å². The molecule has 172 valence electrons. The third kappa shape index (κ3) is 4.68. The minimum Gasteiger partial charge on any atom is -0.490 e. The molecular weight excluding hydrogens is 451 g/mol. The highest BCUT2D eigenvalue weighted by Gasteiger charge is 2.26. The van der Waals surface area contributed by atoms with E-state index in [4.69, 9.17) is 9.73 Å². The van der Waals surface area contributed by atoms with Crippen LogP contribution in [0.4, 0.5) is 15.8 Å². The fourth-order valence-corrected chi connectivity index (χ4v) is 4.72. The van der Waals surface area contributed by atoms with Crippen LogP contribution in [-0.4, -0.2) is 42.5 Å². The number of carbonyl (C=O) groups excluding carboxylic acids is 1. The first-order chi connectivity index (χ1) is 16.6. The molecule has 0 saturated carbocycles. The maximum atomic E-state index is 13.5. The Morgan fingerprint density at radius 2 is 1.88 bits per heavy atom. The van der Waals surface area contributed by atoms with Crippen molar-refractivity contribution in [2.45, 2.75) is 6.92 Å². The number of halogens is 1. The van der Waals surface area contributed by atoms with Gasteiger partial charge in [0, 0.05) is 11.3 Å². The molecule has 2 heterocycles. The highest BCUT2D eigenvalue weighted by molar-refractivity contribution is 8.14. The van der Waals surface area contributed by atoms with Gasteiger partial charge in [-0.3, -0.25) is 4.79 Å². The number of ether oxygens (including phenoxy) is 1. The third-order valence-electron chi connectivity index (χ3n) is 5.57. The fraction of sp³-hybridized carbons (Fsp3) is 0.192. The monoisotopic (exact) mass is 474 g/mol. The number of benzene rings is 3. The minimum atomic E-state index is -0.308. The van der Waals surface area contributed by atoms with Gasteiger partial charge in [-0.15, -0.1) is 0 Å². The van der Waals surface area contributed by atoms with E-state index >= 15 is 0 Å². The number of fused-ring (bicyclic) bond motifs is 1. The molecule has 0 aromatic heterocycles. The Hall–Kier alpha value is -3.65. The average molecular weight is 475 g/mol. The molecule has 0 bridgehead atoms. The van der Waals surface area contributed by atoms with Crippen LogP contribution in [0.15, 0.2) is 82.8 Å². The van der Waals surface area contributed by atoms with Gasteiger partial charge in [-0.25, -0.2) is 14.4 Å². The third-order valence-corrected chi connectivity index (χ3v) is 6.53. The molecule has 0 N–H and O–H groups in total. The number of anilines is 2. The Balaban J connectivity index is 1.39. The molecule has 0 radical (unpaired) electrons. The fourth-order valence-electron chi connectivity index (χ4n) is 3.84. The second-order valence-electron chi connectivity index (χ2n) is 7.94. The summed E-state index contributed by atoms with van der Waals surface area (Å²) in [4.78, 5) is 26.3. The van der Waals surface area contributed by atoms with Crippen LogP contribution in [0.1, 0.15) is 11.1 Å². The first kappa shape index (κ1) is 22.2. The number of hydrogen-bond acceptors (Lipinski definition) is 6. The first-order valence-electron chi connectivity index (χ1n) is 11.0. The molecule has 3 aromatic rings. The highest BCUT2D eigenvalue weighted by Crippen LogP contribution is 2.33. The summed E-state index contributed by atoms with van der Waals surface area (Å²) in [5, 5.41) is 0.645. The highest BCUT2D eigenvalue weighted by atomic mass is 32.2. The molecule has 2 aliphatic heterocycles. The van der Waals surface area contributed by atoms with Gasteiger partial charge in [0.15, 0.2) is 11.0 Å². The van der Waals surface area contributed by atoms with E-state index in [2.05, 4.69) is 4.99 Å². The molecule has 0 spiro atoms. The smallest absolute Gasteiger partial charge is 0.237 e. The zero-order valence-corrected chi connectivity index (χ0v) is 19.5. The van der Waals surface area contributed by atoms with E-state index < -0.39 is 0 Å². The summed E-state index contributed by atoms with van der Waals surface area (Å²) in [6.07, 6.45) is 0. The summed E-state index contributed by atoms with van der Waals surface area (Å²) in [7, 11) is 0. The zero-order chi connectivity index (χ0) is 23.5. The molecule has 6 nitrogen and oxygen atoms in total. The summed E-state index contributed by atoms with van der Waals surface area (Å²) in [5.41, 5.74) is 3.54. The molecule has 0 saturated heterocycles. The lowest BCUT2D eigenvalue weighted by Crippen LogP contribution is -2.40. The van der Waals surface area contributed by atoms with E-state index in [1.807, 2.05) is 60.4 Å². The van der Waals surface area contributed by atoms with Gasteiger partial charge in [0.05, 0.1) is 18.0 Å². The summed E-state index contributed by atoms with van der Waals surface area (Å²) >= 11 is 1.35. The Morgan fingerprint density at radius 1 is 1.09 bits per heavy atom. The molecule has 0 atom stereocenters. The maximum Gasteiger partial charge on any atom is 0.237 e. The second-order valence-corrected chi connectivity index (χ2v) is 8.88. The Kier molecular flexibility index (Phi) is 6.31. The molecule has 8 heteroatoms. The molecule has 0 fully saturated rings. The second kappa shape index (κ2) is 9.69. The van der Waals surface area contributed by atoms with Crippen LogP contribution < -0.4 is 14.5 Å². The molecule has 0 unspecified atom stereocenters. The van der Waals surface area contributed by atoms with Crippen molar-refractivity contribution in [1.82, 2.24) is 0 Å². The number of carbonyl (C=O) groups is 1. The SMILES string of the molecule is Cc1ccc2c(c1)N(C(=O)CSC1=NC(c3ccccc3)=NCN1c1ccc(F)cc1)CCO2. The average Bonchev–Trinajstić information content (AvgIpc) is 2.88. The van der Waals surface area contributed by atoms with Crippen LogP contribution in [0.5, 0.6) is 5.75 Å². The predicted molar refractivity (Wildman–Crippen MR) is 136 cm³/mol. The van der Waals surface area contributed by atoms with Gasteiger partial charge >= 0.3 is 0 Å². The van der Waals surface area contributed by atoms with Crippen LogP contribution in [0.3, 0.4) is 0 Å². The van der Waals surface area contributed by atoms with Crippen LogP contribution >= 0.6 is 11.8 Å². The Labute approximate surface area is 201 Å². The molecule has 2 aliphatic rings. The van der Waals surface area contributed by atoms with Crippen LogP contribution in [-0.2, 0) is 4.79 Å². The molecule has 0 aliphatic carbocycles. The number of amidine groups is 2. The number of amides is 1. The number of thioether (sulfide) groups is 1. The number of aliphatic imine (C=N–C) groups is 2. The molecule has 34 heavy (non-hydrogen) atoms. The van der Waals surface area contributed by atoms with Gasteiger partial charge in [0.2, 0.25) is 5.91 Å². The van der Waals surface area contributed by atoms with E-state index in [1.54, 1.807) is 17.0 Å². The van der Waals surface area contributed by atoms with Gasteiger partial charge < -0.3 is 14.5 Å². The summed E-state index contributed by atoms with van der Waals surface area (Å²) in [6.45, 7) is 3.28. The Morgan fingerprint density at radius 3 is 2.68 bits per heavy atom. The predicted octanol–water partition coefficient (Wildman–Crippen LogP) is 4.87.